The van der Waals surface area contributed by atoms with Gasteiger partial charge in [-0.1, -0.05) is 112 Å². The summed E-state index contributed by atoms with van der Waals surface area (Å²) < 4.78 is 49.5. The van der Waals surface area contributed by atoms with E-state index in [1.807, 2.05) is 148 Å². The first-order valence-electron chi connectivity index (χ1n) is 31.0. The predicted octanol–water partition coefficient (Wildman–Crippen LogP) is 13.0. The Balaban J connectivity index is 0.657. The summed E-state index contributed by atoms with van der Waals surface area (Å²) in [5, 5.41) is 16.7. The van der Waals surface area contributed by atoms with E-state index in [2.05, 4.69) is 53.1 Å². The van der Waals surface area contributed by atoms with Gasteiger partial charge >= 0.3 is 6.09 Å². The normalized spacial score (nSPS) is 15.1. The van der Waals surface area contributed by atoms with Crippen LogP contribution in [0.1, 0.15) is 80.0 Å². The van der Waals surface area contributed by atoms with Crippen LogP contribution in [0.3, 0.4) is 0 Å². The summed E-state index contributed by atoms with van der Waals surface area (Å²) in [6.07, 6.45) is 1.59. The lowest BCUT2D eigenvalue weighted by atomic mass is 9.83. The third-order valence-corrected chi connectivity index (χ3v) is 17.4. The zero-order valence-corrected chi connectivity index (χ0v) is 53.0. The number of amides is 4. The largest absolute Gasteiger partial charge is 0.491 e. The Labute approximate surface area is 536 Å². The fraction of sp³-hybridized carbons (Fsp3) is 0.342. The number of hydrogen-bond acceptors (Lipinski definition) is 13. The lowest BCUT2D eigenvalue weighted by molar-refractivity contribution is -0.147. The Morgan fingerprint density at radius 3 is 1.82 bits per heavy atom. The molecule has 2 heterocycles. The molecule has 91 heavy (non-hydrogen) atoms. The Bertz CT molecular complexity index is 3710. The van der Waals surface area contributed by atoms with Crippen molar-refractivity contribution in [3.05, 3.63) is 203 Å². The number of carbonyl (C=O) groups excluding carboxylic acids is 3. The summed E-state index contributed by atoms with van der Waals surface area (Å²) >= 11 is 1.65. The van der Waals surface area contributed by atoms with Crippen molar-refractivity contribution >= 4 is 45.2 Å². The van der Waals surface area contributed by atoms with Gasteiger partial charge in [0.25, 0.3) is 0 Å². The predicted molar refractivity (Wildman–Crippen MR) is 350 cm³/mol. The highest BCUT2D eigenvalue weighted by Crippen LogP contribution is 2.48. The molecular weight excluding hydrogens is 1170 g/mol. The molecule has 8 aromatic rings. The van der Waals surface area contributed by atoms with E-state index in [9.17, 15) is 24.3 Å². The van der Waals surface area contributed by atoms with Gasteiger partial charge in [0.1, 0.15) is 73.3 Å². The molecule has 7 aromatic carbocycles. The Morgan fingerprint density at radius 1 is 0.626 bits per heavy atom. The molecule has 1 aromatic heterocycles. The van der Waals surface area contributed by atoms with Crippen LogP contribution in [0.5, 0.6) is 34.5 Å². The van der Waals surface area contributed by atoms with Gasteiger partial charge in [-0.05, 0) is 149 Å². The maximum atomic E-state index is 14.9. The summed E-state index contributed by atoms with van der Waals surface area (Å²) in [4.78, 5) is 58.0. The van der Waals surface area contributed by atoms with Crippen LogP contribution in [-0.4, -0.2) is 117 Å². The van der Waals surface area contributed by atoms with E-state index >= 15 is 0 Å². The van der Waals surface area contributed by atoms with Gasteiger partial charge in [0, 0.05) is 30.1 Å². The molecule has 18 heteroatoms. The van der Waals surface area contributed by atoms with Crippen LogP contribution in [0.4, 0.5) is 4.79 Å². The minimum absolute atomic E-state index is 0.0855. The topological polar surface area (TPSA) is 193 Å². The van der Waals surface area contributed by atoms with Crippen molar-refractivity contribution in [3.63, 3.8) is 0 Å². The number of ether oxygens (including phenoxy) is 8. The molecule has 476 valence electrons. The second-order valence-electron chi connectivity index (χ2n) is 23.7. The number of nitrogens with one attached hydrogen (secondary N) is 2. The van der Waals surface area contributed by atoms with Crippen LogP contribution in [-0.2, 0) is 61.2 Å². The van der Waals surface area contributed by atoms with Gasteiger partial charge in [-0.15, -0.1) is 11.3 Å². The number of benzene rings is 7. The minimum Gasteiger partial charge on any atom is -0.491 e. The first-order valence-corrected chi connectivity index (χ1v) is 31.8. The monoisotopic (exact) mass is 1250 g/mol. The number of thiophene rings is 1. The average Bonchev–Trinajstić information content (AvgIpc) is 1.84. The van der Waals surface area contributed by atoms with Crippen LogP contribution < -0.4 is 34.3 Å². The van der Waals surface area contributed by atoms with Crippen LogP contribution in [0.15, 0.2) is 170 Å². The second-order valence-corrected chi connectivity index (χ2v) is 24.8. The molecule has 0 fully saturated rings. The third kappa shape index (κ3) is 17.5. The Kier molecular flexibility index (Phi) is 22.3. The molecule has 17 nitrogen and oxygen atoms in total. The van der Waals surface area contributed by atoms with Gasteiger partial charge in [-0.3, -0.25) is 19.3 Å². The molecule has 4 amide bonds. The fourth-order valence-electron chi connectivity index (χ4n) is 11.0. The number of carboxylic acid groups (broad SMARTS) is 1. The Morgan fingerprint density at radius 2 is 1.18 bits per heavy atom. The molecule has 0 saturated carbocycles. The number of rotatable bonds is 29. The van der Waals surface area contributed by atoms with Gasteiger partial charge in [0.2, 0.25) is 17.7 Å². The van der Waals surface area contributed by atoms with Crippen molar-refractivity contribution in [2.45, 2.75) is 97.3 Å². The number of carbonyl (C=O) groups is 4. The van der Waals surface area contributed by atoms with Crippen LogP contribution in [0.25, 0.3) is 20.5 Å². The molecule has 0 bridgehead atoms. The van der Waals surface area contributed by atoms with Crippen molar-refractivity contribution in [3.8, 4) is 44.9 Å². The first kappa shape index (κ1) is 65.0. The summed E-state index contributed by atoms with van der Waals surface area (Å²) in [7, 11) is 1.30. The molecule has 0 radical (unpaired) electrons. The smallest absolute Gasteiger partial charge is 0.407 e. The van der Waals surface area contributed by atoms with E-state index < -0.39 is 41.4 Å². The van der Waals surface area contributed by atoms with E-state index in [1.54, 1.807) is 16.2 Å². The molecule has 0 saturated heterocycles. The molecule has 1 aliphatic carbocycles. The van der Waals surface area contributed by atoms with Crippen molar-refractivity contribution in [1.29, 1.82) is 0 Å². The molecule has 0 spiro atoms. The maximum absolute atomic E-state index is 14.9. The van der Waals surface area contributed by atoms with E-state index in [-0.39, 0.29) is 31.5 Å². The van der Waals surface area contributed by atoms with Crippen molar-refractivity contribution in [2.24, 2.45) is 5.41 Å². The summed E-state index contributed by atoms with van der Waals surface area (Å²) in [5.74, 6) is 2.90. The SMILES string of the molecule is CC(C(=O)NC(C(=O)N1Cc2cc(OCCOCCOCCOCCOc3ccc(Oc4c(-c5ccc(OCc6ccccc6)cc5)sc5cc(OCc6ccccc6)ccc45)cc3)ccc2CC1C(=O)N[C@@H]1CCCc2ccccc21)C(C)(C)C)N(C)C(=O)O. The molecule has 1 aliphatic heterocycles. The van der Waals surface area contributed by atoms with E-state index in [0.29, 0.717) is 76.7 Å². The van der Waals surface area contributed by atoms with Crippen molar-refractivity contribution < 1.29 is 62.2 Å². The van der Waals surface area contributed by atoms with Gasteiger partial charge in [-0.25, -0.2) is 4.79 Å². The Hall–Kier alpha value is -8.94. The van der Waals surface area contributed by atoms with Crippen LogP contribution >= 0.6 is 11.3 Å². The van der Waals surface area contributed by atoms with Crippen molar-refractivity contribution in [1.82, 2.24) is 20.4 Å². The molecule has 2 aliphatic rings. The van der Waals surface area contributed by atoms with Gasteiger partial charge in [0.05, 0.1) is 50.6 Å². The lowest BCUT2D eigenvalue weighted by Crippen LogP contribution is -2.62. The fourth-order valence-corrected chi connectivity index (χ4v) is 12.2. The van der Waals surface area contributed by atoms with Crippen LogP contribution in [0.2, 0.25) is 0 Å². The molecule has 4 atom stereocenters. The van der Waals surface area contributed by atoms with E-state index in [0.717, 1.165) is 89.8 Å². The molecule has 10 rings (SSSR count). The number of nitrogens with zero attached hydrogens (tertiary/aromatic N) is 2. The maximum Gasteiger partial charge on any atom is 0.407 e. The third-order valence-electron chi connectivity index (χ3n) is 16.3. The standard InChI is InChI=1S/C73H80N4O13S/c1-49(76(5)72(81)82)69(78)75-68(73(2,3)4)71(80)77-46-55-43-59(28-25-54(55)44-64(77)70(79)74-63-22-14-20-52-19-12-13-21-61(52)63)87-42-40-85-38-36-83-35-37-84-39-41-86-56-29-31-58(32-30-56)90-66-62-34-33-60(89-48-51-17-10-7-11-18-51)45-65(62)91-67(66)53-23-26-57(27-24-53)88-47-50-15-8-6-9-16-50/h6-13,15-19,21,23-34,43,45,49,63-64,68H,14,20,22,35-42,44,46-48H2,1-5H3,(H,74,79)(H,75,78)(H,81,82)/t49?,63-,64?,68?/m1/s1. The summed E-state index contributed by atoms with van der Waals surface area (Å²) in [6.45, 7) is 10.8. The van der Waals surface area contributed by atoms with Crippen LogP contribution in [0, 0.1) is 5.41 Å². The number of fused-ring (bicyclic) bond motifs is 3. The number of hydrogen-bond donors (Lipinski definition) is 3. The summed E-state index contributed by atoms with van der Waals surface area (Å²) in [5.41, 5.74) is 6.39. The second kappa shape index (κ2) is 31.2. The van der Waals surface area contributed by atoms with Crippen molar-refractivity contribution in [2.75, 3.05) is 59.9 Å². The highest BCUT2D eigenvalue weighted by molar-refractivity contribution is 7.22. The average molecular weight is 1250 g/mol. The lowest BCUT2D eigenvalue weighted by Gasteiger charge is -2.42. The molecule has 3 unspecified atom stereocenters. The zero-order valence-electron chi connectivity index (χ0n) is 52.2. The van der Waals surface area contributed by atoms with Gasteiger partial charge in [0.15, 0.2) is 5.75 Å². The highest BCUT2D eigenvalue weighted by atomic mass is 32.1. The number of likely N-dealkylation sites (N-methyl/N-ethyl adjacent to an activating group) is 1. The number of aryl methyl sites for hydroxylation is 1. The van der Waals surface area contributed by atoms with Gasteiger partial charge < -0.3 is 58.5 Å². The molecular formula is C73H80N4O13S. The zero-order chi connectivity index (χ0) is 63.7. The molecule has 3 N–H and O–H groups in total. The first-order chi connectivity index (χ1) is 44.1. The van der Waals surface area contributed by atoms with E-state index in [1.165, 1.54) is 19.5 Å². The highest BCUT2D eigenvalue weighted by Gasteiger charge is 2.43. The minimum atomic E-state index is -1.27. The van der Waals surface area contributed by atoms with E-state index in [4.69, 9.17) is 37.9 Å². The quantitative estimate of drug-likeness (QED) is 0.0375. The summed E-state index contributed by atoms with van der Waals surface area (Å²) in [6, 6.07) is 52.5. The van der Waals surface area contributed by atoms with Gasteiger partial charge in [-0.2, -0.15) is 0 Å².